The Morgan fingerprint density at radius 1 is 1.44 bits per heavy atom. The van der Waals surface area contributed by atoms with Gasteiger partial charge in [0.25, 0.3) is 0 Å². The van der Waals surface area contributed by atoms with Crippen molar-refractivity contribution in [3.63, 3.8) is 0 Å². The van der Waals surface area contributed by atoms with Crippen molar-refractivity contribution in [1.82, 2.24) is 20.1 Å². The second-order valence-electron chi connectivity index (χ2n) is 3.40. The number of hydrogen-bond donors (Lipinski definition) is 1. The summed E-state index contributed by atoms with van der Waals surface area (Å²) in [5.74, 6) is 0.362. The van der Waals surface area contributed by atoms with Gasteiger partial charge in [0.1, 0.15) is 12.2 Å². The number of ether oxygens (including phenoxy) is 1. The first-order chi connectivity index (χ1) is 8.58. The molecule has 0 bridgehead atoms. The van der Waals surface area contributed by atoms with Gasteiger partial charge in [-0.1, -0.05) is 11.8 Å². The first-order valence-electron chi connectivity index (χ1n) is 5.45. The van der Waals surface area contributed by atoms with Gasteiger partial charge >= 0.3 is 5.97 Å². The van der Waals surface area contributed by atoms with E-state index in [1.54, 1.807) is 25.6 Å². The van der Waals surface area contributed by atoms with Gasteiger partial charge in [-0.25, -0.2) is 0 Å². The maximum atomic E-state index is 11.3. The van der Waals surface area contributed by atoms with Gasteiger partial charge in [0.2, 0.25) is 5.91 Å². The van der Waals surface area contributed by atoms with Gasteiger partial charge in [-0.2, -0.15) is 0 Å². The SMILES string of the molecule is CCOC(=O)Cc1nnc(SCC(=O)NC)n1C. The molecule has 1 aromatic heterocycles. The lowest BCUT2D eigenvalue weighted by atomic mass is 10.4. The molecule has 1 heterocycles. The summed E-state index contributed by atoms with van der Waals surface area (Å²) in [5.41, 5.74) is 0. The van der Waals surface area contributed by atoms with E-state index in [0.717, 1.165) is 0 Å². The van der Waals surface area contributed by atoms with Crippen LogP contribution in [0.15, 0.2) is 5.16 Å². The summed E-state index contributed by atoms with van der Waals surface area (Å²) >= 11 is 1.27. The Labute approximate surface area is 109 Å². The van der Waals surface area contributed by atoms with Crippen molar-refractivity contribution in [3.8, 4) is 0 Å². The van der Waals surface area contributed by atoms with Crippen LogP contribution in [0.1, 0.15) is 12.7 Å². The fraction of sp³-hybridized carbons (Fsp3) is 0.600. The van der Waals surface area contributed by atoms with Gasteiger partial charge in [-0.3, -0.25) is 9.59 Å². The third-order valence-electron chi connectivity index (χ3n) is 2.14. The van der Waals surface area contributed by atoms with Crippen LogP contribution in [0.2, 0.25) is 0 Å². The van der Waals surface area contributed by atoms with E-state index in [1.165, 1.54) is 11.8 Å². The zero-order chi connectivity index (χ0) is 13.5. The summed E-state index contributed by atoms with van der Waals surface area (Å²) in [6.07, 6.45) is 0.0812. The lowest BCUT2D eigenvalue weighted by molar-refractivity contribution is -0.142. The van der Waals surface area contributed by atoms with Gasteiger partial charge in [0.15, 0.2) is 5.16 Å². The highest BCUT2D eigenvalue weighted by atomic mass is 32.2. The maximum absolute atomic E-state index is 11.3. The van der Waals surface area contributed by atoms with Gasteiger partial charge in [-0.05, 0) is 6.92 Å². The number of thioether (sulfide) groups is 1. The Kier molecular flexibility index (Phi) is 5.63. The van der Waals surface area contributed by atoms with Crippen LogP contribution in [0, 0.1) is 0 Å². The highest BCUT2D eigenvalue weighted by Gasteiger charge is 2.14. The number of esters is 1. The van der Waals surface area contributed by atoms with E-state index >= 15 is 0 Å². The largest absolute Gasteiger partial charge is 0.466 e. The Bertz CT molecular complexity index is 433. The van der Waals surface area contributed by atoms with Crippen LogP contribution in [-0.4, -0.2) is 46.0 Å². The fourth-order valence-corrected chi connectivity index (χ4v) is 1.97. The van der Waals surface area contributed by atoms with Crippen molar-refractivity contribution in [3.05, 3.63) is 5.82 Å². The Balaban J connectivity index is 2.60. The average Bonchev–Trinajstić information content (AvgIpc) is 2.68. The zero-order valence-electron chi connectivity index (χ0n) is 10.6. The van der Waals surface area contributed by atoms with E-state index in [4.69, 9.17) is 4.74 Å². The van der Waals surface area contributed by atoms with Crippen LogP contribution in [0.4, 0.5) is 0 Å². The molecule has 0 aliphatic carbocycles. The second-order valence-corrected chi connectivity index (χ2v) is 4.34. The van der Waals surface area contributed by atoms with Gasteiger partial charge in [-0.15, -0.1) is 10.2 Å². The molecule has 0 atom stereocenters. The first-order valence-corrected chi connectivity index (χ1v) is 6.44. The average molecular weight is 272 g/mol. The van der Waals surface area contributed by atoms with Crippen molar-refractivity contribution in [1.29, 1.82) is 0 Å². The lowest BCUT2D eigenvalue weighted by Gasteiger charge is -2.03. The number of carbonyl (C=O) groups is 2. The second kappa shape index (κ2) is 7.00. The Hall–Kier alpha value is -1.57. The van der Waals surface area contributed by atoms with Gasteiger partial charge in [0.05, 0.1) is 12.4 Å². The van der Waals surface area contributed by atoms with Crippen molar-refractivity contribution in [2.45, 2.75) is 18.5 Å². The van der Waals surface area contributed by atoms with Crippen LogP contribution in [0.3, 0.4) is 0 Å². The molecule has 0 fully saturated rings. The number of hydrogen-bond acceptors (Lipinski definition) is 6. The predicted molar refractivity (Wildman–Crippen MR) is 66.1 cm³/mol. The van der Waals surface area contributed by atoms with E-state index in [2.05, 4.69) is 15.5 Å². The number of nitrogens with zero attached hydrogens (tertiary/aromatic N) is 3. The molecule has 1 aromatic rings. The zero-order valence-corrected chi connectivity index (χ0v) is 11.4. The summed E-state index contributed by atoms with van der Waals surface area (Å²) in [7, 11) is 3.33. The molecule has 1 amide bonds. The maximum Gasteiger partial charge on any atom is 0.313 e. The molecule has 0 saturated heterocycles. The van der Waals surface area contributed by atoms with Crippen molar-refractivity contribution in [2.24, 2.45) is 7.05 Å². The number of nitrogens with one attached hydrogen (secondary N) is 1. The predicted octanol–water partition coefficient (Wildman–Crippen LogP) is -0.241. The van der Waals surface area contributed by atoms with Gasteiger partial charge in [0, 0.05) is 14.1 Å². The van der Waals surface area contributed by atoms with E-state index in [-0.39, 0.29) is 24.1 Å². The molecule has 1 rings (SSSR count). The van der Waals surface area contributed by atoms with Crippen LogP contribution in [0.25, 0.3) is 0 Å². The molecule has 7 nitrogen and oxygen atoms in total. The van der Waals surface area contributed by atoms with E-state index in [0.29, 0.717) is 17.6 Å². The van der Waals surface area contributed by atoms with Crippen molar-refractivity contribution < 1.29 is 14.3 Å². The minimum atomic E-state index is -0.337. The molecule has 0 aromatic carbocycles. The van der Waals surface area contributed by atoms with E-state index in [1.807, 2.05) is 0 Å². The lowest BCUT2D eigenvalue weighted by Crippen LogP contribution is -2.20. The quantitative estimate of drug-likeness (QED) is 0.568. The third-order valence-corrected chi connectivity index (χ3v) is 3.16. The van der Waals surface area contributed by atoms with Crippen LogP contribution in [0.5, 0.6) is 0 Å². The minimum Gasteiger partial charge on any atom is -0.466 e. The molecular weight excluding hydrogens is 256 g/mol. The molecule has 100 valence electrons. The molecule has 8 heteroatoms. The Morgan fingerprint density at radius 3 is 2.78 bits per heavy atom. The fourth-order valence-electron chi connectivity index (χ4n) is 1.17. The molecule has 0 unspecified atom stereocenters. The van der Waals surface area contributed by atoms with Crippen molar-refractivity contribution >= 4 is 23.6 Å². The molecular formula is C10H16N4O3S. The monoisotopic (exact) mass is 272 g/mol. The summed E-state index contributed by atoms with van der Waals surface area (Å²) in [6, 6.07) is 0. The highest BCUT2D eigenvalue weighted by Crippen LogP contribution is 2.15. The first kappa shape index (κ1) is 14.5. The highest BCUT2D eigenvalue weighted by molar-refractivity contribution is 7.99. The summed E-state index contributed by atoms with van der Waals surface area (Å²) in [6.45, 7) is 2.09. The molecule has 0 aliphatic heterocycles. The van der Waals surface area contributed by atoms with Crippen LogP contribution >= 0.6 is 11.8 Å². The van der Waals surface area contributed by atoms with Crippen molar-refractivity contribution in [2.75, 3.05) is 19.4 Å². The number of rotatable bonds is 6. The summed E-state index contributed by atoms with van der Waals surface area (Å²) in [5, 5.41) is 10.9. The molecule has 0 radical (unpaired) electrons. The number of aromatic nitrogens is 3. The topological polar surface area (TPSA) is 86.1 Å². The number of carbonyl (C=O) groups excluding carboxylic acids is 2. The molecule has 0 spiro atoms. The smallest absolute Gasteiger partial charge is 0.313 e. The third kappa shape index (κ3) is 4.02. The van der Waals surface area contributed by atoms with Crippen LogP contribution in [-0.2, 0) is 27.8 Å². The molecule has 1 N–H and O–H groups in total. The standard InChI is InChI=1S/C10H16N4O3S/c1-4-17-9(16)5-7-12-13-10(14(7)3)18-6-8(15)11-2/h4-6H2,1-3H3,(H,11,15). The van der Waals surface area contributed by atoms with E-state index < -0.39 is 0 Å². The number of amides is 1. The Morgan fingerprint density at radius 2 is 2.17 bits per heavy atom. The minimum absolute atomic E-state index is 0.0812. The van der Waals surface area contributed by atoms with E-state index in [9.17, 15) is 9.59 Å². The molecule has 0 aliphatic rings. The summed E-state index contributed by atoms with van der Waals surface area (Å²) < 4.78 is 6.52. The van der Waals surface area contributed by atoms with Gasteiger partial charge < -0.3 is 14.6 Å². The normalized spacial score (nSPS) is 10.2. The summed E-state index contributed by atoms with van der Waals surface area (Å²) in [4.78, 5) is 22.4. The van der Waals surface area contributed by atoms with Crippen LogP contribution < -0.4 is 5.32 Å². The molecule has 0 saturated carbocycles. The molecule has 18 heavy (non-hydrogen) atoms.